The van der Waals surface area contributed by atoms with Crippen LogP contribution in [0.25, 0.3) is 5.76 Å². The zero-order valence-corrected chi connectivity index (χ0v) is 17.2. The maximum absolute atomic E-state index is 13.1. The maximum Gasteiger partial charge on any atom is 0.300 e. The van der Waals surface area contributed by atoms with Crippen LogP contribution in [0.4, 0.5) is 5.69 Å². The van der Waals surface area contributed by atoms with E-state index >= 15 is 0 Å². The second kappa shape index (κ2) is 7.48. The molecule has 2 aliphatic rings. The van der Waals surface area contributed by atoms with Gasteiger partial charge in [0.15, 0.2) is 11.5 Å². The fourth-order valence-corrected chi connectivity index (χ4v) is 4.58. The number of Topliss-reactive ketones (excluding diaryl/α,β-unsaturated/α-hetero) is 1. The predicted molar refractivity (Wildman–Crippen MR) is 115 cm³/mol. The number of nitrogens with zero attached hydrogens (tertiary/aromatic N) is 1. The number of amides is 1. The quantitative estimate of drug-likeness (QED) is 0.377. The van der Waals surface area contributed by atoms with Crippen LogP contribution >= 0.6 is 11.3 Å². The molecule has 1 amide bonds. The van der Waals surface area contributed by atoms with Gasteiger partial charge in [0.2, 0.25) is 6.79 Å². The molecule has 1 saturated heterocycles. The molecule has 0 radical (unpaired) electrons. The van der Waals surface area contributed by atoms with Gasteiger partial charge in [-0.05, 0) is 53.9 Å². The Morgan fingerprint density at radius 2 is 1.87 bits per heavy atom. The van der Waals surface area contributed by atoms with Gasteiger partial charge in [-0.25, -0.2) is 0 Å². The zero-order chi connectivity index (χ0) is 21.5. The Bertz CT molecular complexity index is 1200. The highest BCUT2D eigenvalue weighted by Crippen LogP contribution is 2.44. The number of ketones is 1. The summed E-state index contributed by atoms with van der Waals surface area (Å²) in [6.45, 7) is 0.0939. The average Bonchev–Trinajstić information content (AvgIpc) is 3.53. The lowest BCUT2D eigenvalue weighted by atomic mass is 9.99. The Hall–Kier alpha value is -3.78. The second-order valence-electron chi connectivity index (χ2n) is 6.95. The third-order valence-corrected chi connectivity index (χ3v) is 6.18. The first kappa shape index (κ1) is 19.2. The molecule has 156 valence electrons. The lowest BCUT2D eigenvalue weighted by molar-refractivity contribution is -0.132. The summed E-state index contributed by atoms with van der Waals surface area (Å²) in [6.07, 6.45) is 0. The molecule has 3 heterocycles. The van der Waals surface area contributed by atoms with Gasteiger partial charge in [-0.15, -0.1) is 11.3 Å². The Labute approximate surface area is 181 Å². The van der Waals surface area contributed by atoms with E-state index in [1.807, 2.05) is 17.5 Å². The second-order valence-corrected chi connectivity index (χ2v) is 7.93. The number of aliphatic hydroxyl groups is 1. The predicted octanol–water partition coefficient (Wildman–Crippen LogP) is 4.11. The Morgan fingerprint density at radius 1 is 1.10 bits per heavy atom. The topological polar surface area (TPSA) is 85.3 Å². The number of hydrogen-bond acceptors (Lipinski definition) is 7. The standard InChI is InChI=1S/C23H17NO6S/c1-28-15-7-5-14(6-8-15)24-20(18-3-2-10-31-18)19(22(26)23(24)27)21(25)13-4-9-16-17(11-13)30-12-29-16/h2-11,20,25H,12H2,1H3/b21-19-. The van der Waals surface area contributed by atoms with Crippen molar-refractivity contribution in [3.05, 3.63) is 76.0 Å². The van der Waals surface area contributed by atoms with Gasteiger partial charge >= 0.3 is 0 Å². The number of thiophene rings is 1. The van der Waals surface area contributed by atoms with Crippen molar-refractivity contribution >= 4 is 34.5 Å². The summed E-state index contributed by atoms with van der Waals surface area (Å²) in [5.41, 5.74) is 0.937. The number of anilines is 1. The van der Waals surface area contributed by atoms with E-state index < -0.39 is 17.7 Å². The van der Waals surface area contributed by atoms with Gasteiger partial charge in [0.25, 0.3) is 11.7 Å². The van der Waals surface area contributed by atoms with Crippen molar-refractivity contribution in [3.63, 3.8) is 0 Å². The Morgan fingerprint density at radius 3 is 2.58 bits per heavy atom. The molecule has 2 aliphatic heterocycles. The molecule has 0 bridgehead atoms. The number of hydrogen-bond donors (Lipinski definition) is 1. The molecule has 5 rings (SSSR count). The normalized spacial score (nSPS) is 19.1. The van der Waals surface area contributed by atoms with E-state index in [1.165, 1.54) is 16.2 Å². The molecule has 3 aromatic rings. The minimum absolute atomic E-state index is 0.0298. The summed E-state index contributed by atoms with van der Waals surface area (Å²) in [7, 11) is 1.55. The third kappa shape index (κ3) is 3.12. The number of rotatable bonds is 4. The van der Waals surface area contributed by atoms with Gasteiger partial charge in [-0.2, -0.15) is 0 Å². The van der Waals surface area contributed by atoms with Crippen molar-refractivity contribution in [3.8, 4) is 17.2 Å². The van der Waals surface area contributed by atoms with Crippen LogP contribution in [0.1, 0.15) is 16.5 Å². The summed E-state index contributed by atoms with van der Waals surface area (Å²) in [5, 5.41) is 13.0. The number of benzene rings is 2. The van der Waals surface area contributed by atoms with Crippen molar-refractivity contribution in [2.75, 3.05) is 18.8 Å². The van der Waals surface area contributed by atoms with E-state index in [2.05, 4.69) is 0 Å². The molecular formula is C23H17NO6S. The highest BCUT2D eigenvalue weighted by atomic mass is 32.1. The fourth-order valence-electron chi connectivity index (χ4n) is 3.76. The summed E-state index contributed by atoms with van der Waals surface area (Å²) < 4.78 is 15.9. The smallest absolute Gasteiger partial charge is 0.300 e. The molecule has 1 unspecified atom stereocenters. The number of ether oxygens (including phenoxy) is 3. The molecule has 31 heavy (non-hydrogen) atoms. The van der Waals surface area contributed by atoms with Gasteiger partial charge < -0.3 is 19.3 Å². The van der Waals surface area contributed by atoms with Crippen LogP contribution in [0, 0.1) is 0 Å². The molecule has 1 N–H and O–H groups in total. The van der Waals surface area contributed by atoms with E-state index in [-0.39, 0.29) is 18.1 Å². The Kier molecular flexibility index (Phi) is 4.63. The molecule has 0 spiro atoms. The van der Waals surface area contributed by atoms with Crippen LogP contribution in [-0.4, -0.2) is 30.7 Å². The van der Waals surface area contributed by atoms with Crippen molar-refractivity contribution in [2.45, 2.75) is 6.04 Å². The SMILES string of the molecule is COc1ccc(N2C(=O)C(=O)/C(=C(\O)c3ccc4c(c3)OCO4)C2c2cccs2)cc1. The number of carbonyl (C=O) groups excluding carboxylic acids is 2. The minimum atomic E-state index is -0.751. The lowest BCUT2D eigenvalue weighted by Crippen LogP contribution is -2.29. The molecule has 1 atom stereocenters. The molecule has 8 heteroatoms. The van der Waals surface area contributed by atoms with Gasteiger partial charge in [-0.3, -0.25) is 14.5 Å². The van der Waals surface area contributed by atoms with Gasteiger partial charge in [0.1, 0.15) is 17.6 Å². The van der Waals surface area contributed by atoms with E-state index in [9.17, 15) is 14.7 Å². The first-order valence-electron chi connectivity index (χ1n) is 9.47. The van der Waals surface area contributed by atoms with E-state index in [0.29, 0.717) is 28.5 Å². The molecule has 7 nitrogen and oxygen atoms in total. The monoisotopic (exact) mass is 435 g/mol. The average molecular weight is 435 g/mol. The lowest BCUT2D eigenvalue weighted by Gasteiger charge is -2.24. The third-order valence-electron chi connectivity index (χ3n) is 5.25. The summed E-state index contributed by atoms with van der Waals surface area (Å²) in [4.78, 5) is 28.3. The number of fused-ring (bicyclic) bond motifs is 1. The zero-order valence-electron chi connectivity index (χ0n) is 16.4. The van der Waals surface area contributed by atoms with E-state index in [1.54, 1.807) is 49.6 Å². The summed E-state index contributed by atoms with van der Waals surface area (Å²) in [6, 6.07) is 14.7. The Balaban J connectivity index is 1.66. The molecule has 1 fully saturated rings. The van der Waals surface area contributed by atoms with Crippen molar-refractivity contribution in [2.24, 2.45) is 0 Å². The number of carbonyl (C=O) groups is 2. The van der Waals surface area contributed by atoms with Gasteiger partial charge in [0.05, 0.1) is 12.7 Å². The van der Waals surface area contributed by atoms with Crippen LogP contribution in [0.5, 0.6) is 17.2 Å². The van der Waals surface area contributed by atoms with Gasteiger partial charge in [0, 0.05) is 16.1 Å². The first-order valence-corrected chi connectivity index (χ1v) is 10.3. The largest absolute Gasteiger partial charge is 0.507 e. The van der Waals surface area contributed by atoms with Crippen LogP contribution in [0.2, 0.25) is 0 Å². The first-order chi connectivity index (χ1) is 15.1. The summed E-state index contributed by atoms with van der Waals surface area (Å²) in [5.74, 6) is -0.0409. The molecule has 0 saturated carbocycles. The van der Waals surface area contributed by atoms with Gasteiger partial charge in [-0.1, -0.05) is 6.07 Å². The van der Waals surface area contributed by atoms with Crippen molar-refractivity contribution < 1.29 is 28.9 Å². The highest BCUT2D eigenvalue weighted by molar-refractivity contribution is 7.10. The van der Waals surface area contributed by atoms with Crippen LogP contribution in [0.15, 0.2) is 65.6 Å². The minimum Gasteiger partial charge on any atom is -0.507 e. The van der Waals surface area contributed by atoms with Crippen LogP contribution < -0.4 is 19.1 Å². The van der Waals surface area contributed by atoms with Crippen LogP contribution in [-0.2, 0) is 9.59 Å². The number of aliphatic hydroxyl groups excluding tert-OH is 1. The van der Waals surface area contributed by atoms with Crippen LogP contribution in [0.3, 0.4) is 0 Å². The van der Waals surface area contributed by atoms with E-state index in [4.69, 9.17) is 14.2 Å². The van der Waals surface area contributed by atoms with E-state index in [0.717, 1.165) is 4.88 Å². The fraction of sp³-hybridized carbons (Fsp3) is 0.130. The highest BCUT2D eigenvalue weighted by Gasteiger charge is 2.47. The molecular weight excluding hydrogens is 418 g/mol. The molecule has 2 aromatic carbocycles. The van der Waals surface area contributed by atoms with Crippen molar-refractivity contribution in [1.82, 2.24) is 0 Å². The maximum atomic E-state index is 13.1. The molecule has 0 aliphatic carbocycles. The molecule has 1 aromatic heterocycles. The number of methoxy groups -OCH3 is 1. The summed E-state index contributed by atoms with van der Waals surface area (Å²) >= 11 is 1.41. The van der Waals surface area contributed by atoms with Crippen molar-refractivity contribution in [1.29, 1.82) is 0 Å².